The first-order valence-electron chi connectivity index (χ1n) is 7.70. The molecule has 3 heterocycles. The molecule has 0 aliphatic rings. The predicted octanol–water partition coefficient (Wildman–Crippen LogP) is 3.14. The summed E-state index contributed by atoms with van der Waals surface area (Å²) in [4.78, 5) is 4.41. The van der Waals surface area contributed by atoms with E-state index in [0.717, 1.165) is 11.5 Å². The monoisotopic (exact) mass is 303 g/mol. The summed E-state index contributed by atoms with van der Waals surface area (Å²) in [6.07, 6.45) is 5.92. The number of benzene rings is 1. The van der Waals surface area contributed by atoms with Gasteiger partial charge in [0.1, 0.15) is 12.7 Å². The second kappa shape index (κ2) is 5.09. The quantitative estimate of drug-likeness (QED) is 0.522. The van der Waals surface area contributed by atoms with Crippen LogP contribution in [-0.4, -0.2) is 14.0 Å². The molecule has 3 aromatic heterocycles. The highest BCUT2D eigenvalue weighted by molar-refractivity contribution is 5.63. The Morgan fingerprint density at radius 3 is 2.57 bits per heavy atom. The van der Waals surface area contributed by atoms with E-state index in [9.17, 15) is 0 Å². The number of aryl methyl sites for hydroxylation is 2. The van der Waals surface area contributed by atoms with Crippen LogP contribution in [-0.2, 0) is 14.1 Å². The minimum Gasteiger partial charge on any atom is -0.308 e. The van der Waals surface area contributed by atoms with Crippen LogP contribution < -0.4 is 4.57 Å². The average Bonchev–Trinajstić information content (AvgIpc) is 3.12. The first kappa shape index (κ1) is 13.8. The van der Waals surface area contributed by atoms with Crippen molar-refractivity contribution in [2.75, 3.05) is 0 Å². The van der Waals surface area contributed by atoms with Crippen molar-refractivity contribution in [3.63, 3.8) is 0 Å². The fraction of sp³-hybridized carbons (Fsp3) is 0.158. The van der Waals surface area contributed by atoms with Crippen LogP contribution in [0.4, 0.5) is 0 Å². The van der Waals surface area contributed by atoms with Gasteiger partial charge in [-0.05, 0) is 24.6 Å². The normalized spacial score (nSPS) is 11.3. The van der Waals surface area contributed by atoms with Crippen LogP contribution in [0.5, 0.6) is 0 Å². The van der Waals surface area contributed by atoms with Crippen LogP contribution in [0.2, 0.25) is 0 Å². The number of pyridine rings is 1. The Balaban J connectivity index is 1.94. The maximum atomic E-state index is 4.41. The highest BCUT2D eigenvalue weighted by Crippen LogP contribution is 2.24. The Bertz CT molecular complexity index is 1010. The van der Waals surface area contributed by atoms with Crippen molar-refractivity contribution < 1.29 is 4.57 Å². The van der Waals surface area contributed by atoms with Crippen LogP contribution in [0.15, 0.2) is 61.1 Å². The summed E-state index contributed by atoms with van der Waals surface area (Å²) in [6, 6.07) is 14.9. The molecule has 0 bridgehead atoms. The molecule has 0 saturated heterocycles. The molecule has 0 unspecified atom stereocenters. The third-order valence-electron chi connectivity index (χ3n) is 4.49. The van der Waals surface area contributed by atoms with Crippen LogP contribution in [0.1, 0.15) is 5.56 Å². The van der Waals surface area contributed by atoms with Gasteiger partial charge in [-0.3, -0.25) is 4.40 Å². The zero-order valence-electron chi connectivity index (χ0n) is 13.6. The Hall–Kier alpha value is -2.88. The molecule has 0 radical (unpaired) electrons. The lowest BCUT2D eigenvalue weighted by molar-refractivity contribution is -0.649. The maximum Gasteiger partial charge on any atom is 0.231 e. The molecule has 0 N–H and O–H groups in total. The molecular weight excluding hydrogens is 284 g/mol. The van der Waals surface area contributed by atoms with E-state index in [4.69, 9.17) is 0 Å². The van der Waals surface area contributed by atoms with Crippen molar-refractivity contribution in [3.8, 4) is 22.6 Å². The first-order chi connectivity index (χ1) is 11.2. The summed E-state index contributed by atoms with van der Waals surface area (Å²) in [5.41, 5.74) is 6.06. The molecule has 0 fully saturated rings. The smallest absolute Gasteiger partial charge is 0.231 e. The number of aromatic nitrogens is 4. The average molecular weight is 303 g/mol. The number of rotatable bonds is 2. The lowest BCUT2D eigenvalue weighted by Crippen LogP contribution is -2.34. The largest absolute Gasteiger partial charge is 0.308 e. The van der Waals surface area contributed by atoms with Gasteiger partial charge in [0, 0.05) is 43.3 Å². The molecule has 0 aliphatic heterocycles. The van der Waals surface area contributed by atoms with Crippen LogP contribution >= 0.6 is 0 Å². The molecule has 4 heteroatoms. The predicted molar refractivity (Wildman–Crippen MR) is 90.9 cm³/mol. The van der Waals surface area contributed by atoms with Gasteiger partial charge in [-0.25, -0.2) is 4.98 Å². The van der Waals surface area contributed by atoms with Crippen LogP contribution in [0.25, 0.3) is 28.4 Å². The standard InChI is InChI=1S/C19H19N4/c1-14-7-4-5-8-15(14)16-9-6-10-17(21(16)2)18-13-23-12-11-20-19(23)22(18)3/h4-13H,1-3H3/q+1. The van der Waals surface area contributed by atoms with E-state index in [1.165, 1.54) is 22.5 Å². The fourth-order valence-corrected chi connectivity index (χ4v) is 3.20. The van der Waals surface area contributed by atoms with Crippen molar-refractivity contribution in [2.45, 2.75) is 6.92 Å². The highest BCUT2D eigenvalue weighted by Gasteiger charge is 2.20. The Labute approximate surface area is 135 Å². The van der Waals surface area contributed by atoms with Crippen molar-refractivity contribution in [3.05, 3.63) is 66.6 Å². The van der Waals surface area contributed by atoms with Crippen molar-refractivity contribution in [1.29, 1.82) is 0 Å². The molecular formula is C19H19N4+. The van der Waals surface area contributed by atoms with Gasteiger partial charge in [0.05, 0.1) is 0 Å². The van der Waals surface area contributed by atoms with E-state index in [2.05, 4.69) is 88.2 Å². The molecule has 0 saturated carbocycles. The number of fused-ring (bicyclic) bond motifs is 1. The molecule has 4 nitrogen and oxygen atoms in total. The van der Waals surface area contributed by atoms with E-state index in [-0.39, 0.29) is 0 Å². The third kappa shape index (κ3) is 2.06. The molecule has 1 aromatic carbocycles. The lowest BCUT2D eigenvalue weighted by atomic mass is 10.0. The van der Waals surface area contributed by atoms with E-state index < -0.39 is 0 Å². The van der Waals surface area contributed by atoms with E-state index >= 15 is 0 Å². The molecule has 0 amide bonds. The minimum atomic E-state index is 0.946. The SMILES string of the molecule is Cc1ccccc1-c1cccc(-c2cn3ccnc3n2C)[n+]1C. The highest BCUT2D eigenvalue weighted by atomic mass is 15.2. The van der Waals surface area contributed by atoms with Gasteiger partial charge in [0.2, 0.25) is 17.2 Å². The summed E-state index contributed by atoms with van der Waals surface area (Å²) in [6.45, 7) is 2.15. The number of hydrogen-bond donors (Lipinski definition) is 0. The Morgan fingerprint density at radius 1 is 1.00 bits per heavy atom. The number of hydrogen-bond acceptors (Lipinski definition) is 1. The lowest BCUT2D eigenvalue weighted by Gasteiger charge is -2.07. The second-order valence-corrected chi connectivity index (χ2v) is 5.88. The van der Waals surface area contributed by atoms with Gasteiger partial charge in [0.15, 0.2) is 0 Å². The molecule has 0 spiro atoms. The summed E-state index contributed by atoms with van der Waals surface area (Å²) >= 11 is 0. The number of imidazole rings is 2. The summed E-state index contributed by atoms with van der Waals surface area (Å²) in [7, 11) is 4.17. The van der Waals surface area contributed by atoms with Gasteiger partial charge in [0.25, 0.3) is 0 Å². The summed E-state index contributed by atoms with van der Waals surface area (Å²) < 4.78 is 6.42. The van der Waals surface area contributed by atoms with Crippen molar-refractivity contribution in [1.82, 2.24) is 14.0 Å². The third-order valence-corrected chi connectivity index (χ3v) is 4.49. The molecule has 114 valence electrons. The molecule has 0 aliphatic carbocycles. The Morgan fingerprint density at radius 2 is 1.78 bits per heavy atom. The zero-order valence-corrected chi connectivity index (χ0v) is 13.6. The van der Waals surface area contributed by atoms with Gasteiger partial charge >= 0.3 is 0 Å². The maximum absolute atomic E-state index is 4.41. The topological polar surface area (TPSA) is 26.1 Å². The zero-order chi connectivity index (χ0) is 16.0. The molecule has 4 aromatic rings. The van der Waals surface area contributed by atoms with E-state index in [1.807, 2.05) is 12.4 Å². The van der Waals surface area contributed by atoms with E-state index in [1.54, 1.807) is 0 Å². The molecule has 23 heavy (non-hydrogen) atoms. The van der Waals surface area contributed by atoms with Crippen LogP contribution in [0, 0.1) is 6.92 Å². The number of nitrogens with zero attached hydrogens (tertiary/aromatic N) is 4. The van der Waals surface area contributed by atoms with Gasteiger partial charge in [-0.15, -0.1) is 0 Å². The fourth-order valence-electron chi connectivity index (χ4n) is 3.20. The first-order valence-corrected chi connectivity index (χ1v) is 7.70. The van der Waals surface area contributed by atoms with Crippen molar-refractivity contribution >= 4 is 5.78 Å². The Kier molecular flexibility index (Phi) is 3.05. The van der Waals surface area contributed by atoms with E-state index in [0.29, 0.717) is 0 Å². The molecule has 4 rings (SSSR count). The molecule has 0 atom stereocenters. The van der Waals surface area contributed by atoms with Gasteiger partial charge in [-0.1, -0.05) is 18.2 Å². The van der Waals surface area contributed by atoms with Crippen LogP contribution in [0.3, 0.4) is 0 Å². The van der Waals surface area contributed by atoms with Gasteiger partial charge < -0.3 is 4.57 Å². The minimum absolute atomic E-state index is 0.946. The summed E-state index contributed by atoms with van der Waals surface area (Å²) in [5, 5.41) is 0. The summed E-state index contributed by atoms with van der Waals surface area (Å²) in [5.74, 6) is 0.946. The van der Waals surface area contributed by atoms with Gasteiger partial charge in [-0.2, -0.15) is 4.57 Å². The van der Waals surface area contributed by atoms with Crippen molar-refractivity contribution in [2.24, 2.45) is 14.1 Å². The second-order valence-electron chi connectivity index (χ2n) is 5.88.